The lowest BCUT2D eigenvalue weighted by atomic mass is 9.87. The minimum atomic E-state index is -0.766. The summed E-state index contributed by atoms with van der Waals surface area (Å²) in [5, 5.41) is 4.02. The lowest BCUT2D eigenvalue weighted by Crippen LogP contribution is -2.36. The molecule has 0 fully saturated rings. The molecule has 8 nitrogen and oxygen atoms in total. The zero-order valence-electron chi connectivity index (χ0n) is 17.2. The molecule has 1 amide bonds. The number of carbonyl (C=O) groups is 2. The van der Waals surface area contributed by atoms with Crippen LogP contribution in [-0.2, 0) is 27.3 Å². The van der Waals surface area contributed by atoms with E-state index in [1.165, 1.54) is 5.56 Å². The van der Waals surface area contributed by atoms with Crippen LogP contribution in [0.1, 0.15) is 30.0 Å². The van der Waals surface area contributed by atoms with Crippen LogP contribution in [0.3, 0.4) is 0 Å². The fourth-order valence-electron chi connectivity index (χ4n) is 3.82. The third-order valence-electron chi connectivity index (χ3n) is 5.46. The predicted octanol–water partition coefficient (Wildman–Crippen LogP) is 2.58. The average Bonchev–Trinajstić information content (AvgIpc) is 3.17. The van der Waals surface area contributed by atoms with Gasteiger partial charge in [-0.05, 0) is 42.5 Å². The van der Waals surface area contributed by atoms with Crippen LogP contribution in [0.5, 0.6) is 0 Å². The first kappa shape index (κ1) is 20.6. The van der Waals surface area contributed by atoms with Crippen molar-refractivity contribution < 1.29 is 18.7 Å². The van der Waals surface area contributed by atoms with Crippen LogP contribution in [0.15, 0.2) is 63.8 Å². The van der Waals surface area contributed by atoms with Crippen molar-refractivity contribution in [2.24, 2.45) is 0 Å². The molecular weight excluding hydrogens is 398 g/mol. The van der Waals surface area contributed by atoms with Crippen molar-refractivity contribution in [2.45, 2.75) is 31.8 Å². The summed E-state index contributed by atoms with van der Waals surface area (Å²) in [4.78, 5) is 38.4. The van der Waals surface area contributed by atoms with Gasteiger partial charge in [0.25, 0.3) is 5.91 Å². The standard InChI is InChI=1S/C23H23N3O5/c1-25(19-13-7-11-16-8-5-6-12-18(16)19)20(27)15-30-21(28)14-26-23(29)31-22(24-26)17-9-3-2-4-10-17/h2-6,8-10,12,19H,7,11,13-15H2,1H3/t19-/m1/s1. The van der Waals surface area contributed by atoms with Crippen LogP contribution in [0.2, 0.25) is 0 Å². The van der Waals surface area contributed by atoms with Crippen molar-refractivity contribution in [3.8, 4) is 11.5 Å². The van der Waals surface area contributed by atoms with Crippen molar-refractivity contribution >= 4 is 11.9 Å². The fourth-order valence-corrected chi connectivity index (χ4v) is 3.82. The smallest absolute Gasteiger partial charge is 0.437 e. The lowest BCUT2D eigenvalue weighted by Gasteiger charge is -2.33. The summed E-state index contributed by atoms with van der Waals surface area (Å²) in [6.07, 6.45) is 2.86. The van der Waals surface area contributed by atoms with Gasteiger partial charge in [-0.2, -0.15) is 4.68 Å². The zero-order valence-corrected chi connectivity index (χ0v) is 17.2. The maximum absolute atomic E-state index is 12.6. The Bertz CT molecular complexity index is 1140. The number of benzene rings is 2. The largest absolute Gasteiger partial charge is 0.454 e. The van der Waals surface area contributed by atoms with Crippen LogP contribution in [0, 0.1) is 0 Å². The van der Waals surface area contributed by atoms with Gasteiger partial charge in [0.05, 0.1) is 6.04 Å². The predicted molar refractivity (Wildman–Crippen MR) is 112 cm³/mol. The van der Waals surface area contributed by atoms with Gasteiger partial charge in [-0.15, -0.1) is 5.10 Å². The minimum absolute atomic E-state index is 0.0391. The molecule has 0 saturated carbocycles. The molecular formula is C23H23N3O5. The van der Waals surface area contributed by atoms with Crippen molar-refractivity contribution in [3.05, 3.63) is 76.3 Å². The Balaban J connectivity index is 1.35. The number of ether oxygens (including phenoxy) is 1. The minimum Gasteiger partial charge on any atom is -0.454 e. The van der Waals surface area contributed by atoms with E-state index in [2.05, 4.69) is 11.2 Å². The maximum Gasteiger partial charge on any atom is 0.437 e. The normalized spacial score (nSPS) is 15.2. The van der Waals surface area contributed by atoms with Crippen molar-refractivity contribution in [1.29, 1.82) is 0 Å². The first-order valence-electron chi connectivity index (χ1n) is 10.2. The van der Waals surface area contributed by atoms with E-state index in [1.54, 1.807) is 36.2 Å². The number of carbonyl (C=O) groups excluding carboxylic acids is 2. The monoisotopic (exact) mass is 421 g/mol. The number of hydrogen-bond donors (Lipinski definition) is 0. The van der Waals surface area contributed by atoms with Gasteiger partial charge in [-0.1, -0.05) is 42.5 Å². The second kappa shape index (κ2) is 8.99. The maximum atomic E-state index is 12.6. The van der Waals surface area contributed by atoms with E-state index < -0.39 is 24.9 Å². The number of aromatic nitrogens is 2. The zero-order chi connectivity index (χ0) is 21.8. The van der Waals surface area contributed by atoms with Crippen molar-refractivity contribution in [2.75, 3.05) is 13.7 Å². The Morgan fingerprint density at radius 1 is 1.16 bits per heavy atom. The molecule has 0 N–H and O–H groups in total. The fraction of sp³-hybridized carbons (Fsp3) is 0.304. The van der Waals surface area contributed by atoms with Gasteiger partial charge >= 0.3 is 11.7 Å². The van der Waals surface area contributed by atoms with Crippen LogP contribution >= 0.6 is 0 Å². The van der Waals surface area contributed by atoms with E-state index in [4.69, 9.17) is 9.15 Å². The summed E-state index contributed by atoms with van der Waals surface area (Å²) in [6.45, 7) is -0.829. The number of esters is 1. The van der Waals surface area contributed by atoms with Gasteiger partial charge in [0.2, 0.25) is 5.89 Å². The molecule has 1 aliphatic carbocycles. The summed E-state index contributed by atoms with van der Waals surface area (Å²) in [5.74, 6) is -1.68. The van der Waals surface area contributed by atoms with Crippen LogP contribution < -0.4 is 5.76 Å². The molecule has 0 aliphatic heterocycles. The highest BCUT2D eigenvalue weighted by atomic mass is 16.5. The quantitative estimate of drug-likeness (QED) is 0.568. The van der Waals surface area contributed by atoms with Crippen LogP contribution in [0.25, 0.3) is 11.5 Å². The molecule has 160 valence electrons. The average molecular weight is 421 g/mol. The Morgan fingerprint density at radius 3 is 2.71 bits per heavy atom. The lowest BCUT2D eigenvalue weighted by molar-refractivity contribution is -0.153. The topological polar surface area (TPSA) is 94.6 Å². The number of likely N-dealkylation sites (N-methyl/N-ethyl adjacent to an activating group) is 1. The molecule has 0 unspecified atom stereocenters. The molecule has 0 radical (unpaired) electrons. The molecule has 1 atom stereocenters. The highest BCUT2D eigenvalue weighted by molar-refractivity contribution is 5.80. The van der Waals surface area contributed by atoms with Gasteiger partial charge in [0.1, 0.15) is 6.54 Å². The molecule has 8 heteroatoms. The summed E-state index contributed by atoms with van der Waals surface area (Å²) in [5.41, 5.74) is 3.00. The first-order chi connectivity index (χ1) is 15.0. The summed E-state index contributed by atoms with van der Waals surface area (Å²) < 4.78 is 11.1. The van der Waals surface area contributed by atoms with Gasteiger partial charge in [-0.3, -0.25) is 9.59 Å². The number of fused-ring (bicyclic) bond motifs is 1. The number of hydrogen-bond acceptors (Lipinski definition) is 6. The molecule has 0 spiro atoms. The molecule has 1 heterocycles. The molecule has 0 bridgehead atoms. The Kier molecular flexibility index (Phi) is 5.97. The molecule has 4 rings (SSSR count). The second-order valence-corrected chi connectivity index (χ2v) is 7.47. The summed E-state index contributed by atoms with van der Waals surface area (Å²) >= 11 is 0. The third kappa shape index (κ3) is 4.58. The van der Waals surface area contributed by atoms with Crippen LogP contribution in [-0.4, -0.2) is 40.2 Å². The Morgan fingerprint density at radius 2 is 1.90 bits per heavy atom. The third-order valence-corrected chi connectivity index (χ3v) is 5.46. The SMILES string of the molecule is CN(C(=O)COC(=O)Cn1nc(-c2ccccc2)oc1=O)[C@@H]1CCCc2ccccc21. The van der Waals surface area contributed by atoms with E-state index in [9.17, 15) is 14.4 Å². The van der Waals surface area contributed by atoms with E-state index in [-0.39, 0.29) is 17.8 Å². The number of rotatable bonds is 6. The number of aryl methyl sites for hydroxylation is 1. The molecule has 2 aromatic carbocycles. The molecule has 0 saturated heterocycles. The second-order valence-electron chi connectivity index (χ2n) is 7.47. The van der Waals surface area contributed by atoms with E-state index in [0.29, 0.717) is 5.56 Å². The van der Waals surface area contributed by atoms with Crippen molar-refractivity contribution in [3.63, 3.8) is 0 Å². The number of amides is 1. The van der Waals surface area contributed by atoms with E-state index in [1.807, 2.05) is 24.3 Å². The molecule has 3 aromatic rings. The Hall–Kier alpha value is -3.68. The molecule has 1 aromatic heterocycles. The Labute approximate surface area is 179 Å². The summed E-state index contributed by atoms with van der Waals surface area (Å²) in [6, 6.07) is 16.9. The van der Waals surface area contributed by atoms with Crippen LogP contribution in [0.4, 0.5) is 0 Å². The molecule has 31 heavy (non-hydrogen) atoms. The first-order valence-corrected chi connectivity index (χ1v) is 10.2. The van der Waals surface area contributed by atoms with E-state index in [0.717, 1.165) is 29.5 Å². The van der Waals surface area contributed by atoms with Gasteiger partial charge < -0.3 is 14.1 Å². The highest BCUT2D eigenvalue weighted by Gasteiger charge is 2.27. The van der Waals surface area contributed by atoms with E-state index >= 15 is 0 Å². The summed E-state index contributed by atoms with van der Waals surface area (Å²) in [7, 11) is 1.72. The van der Waals surface area contributed by atoms with Gasteiger partial charge in [-0.25, -0.2) is 4.79 Å². The van der Waals surface area contributed by atoms with Gasteiger partial charge in [0, 0.05) is 12.6 Å². The number of nitrogens with zero attached hydrogens (tertiary/aromatic N) is 3. The van der Waals surface area contributed by atoms with Gasteiger partial charge in [0.15, 0.2) is 6.61 Å². The van der Waals surface area contributed by atoms with Crippen molar-refractivity contribution in [1.82, 2.24) is 14.7 Å². The highest BCUT2D eigenvalue weighted by Crippen LogP contribution is 2.33. The molecule has 1 aliphatic rings.